The van der Waals surface area contributed by atoms with Crippen molar-refractivity contribution < 1.29 is 14.1 Å². The lowest BCUT2D eigenvalue weighted by Gasteiger charge is -2.07. The van der Waals surface area contributed by atoms with Crippen molar-refractivity contribution in [1.82, 2.24) is 5.32 Å². The number of rotatable bonds is 4. The van der Waals surface area contributed by atoms with Crippen LogP contribution < -0.4 is 5.32 Å². The molecule has 1 amide bonds. The number of carbonyl (C=O) groups excluding carboxylic acids is 1. The van der Waals surface area contributed by atoms with Crippen molar-refractivity contribution in [3.63, 3.8) is 0 Å². The number of nitrogens with one attached hydrogen (secondary N) is 1. The number of hydrogen-bond donors (Lipinski definition) is 1. The highest BCUT2D eigenvalue weighted by Crippen LogP contribution is 2.26. The summed E-state index contributed by atoms with van der Waals surface area (Å²) >= 11 is 8.61. The zero-order chi connectivity index (χ0) is 16.3. The normalized spacial score (nSPS) is 10.3. The van der Waals surface area contributed by atoms with Crippen LogP contribution in [0.4, 0.5) is 10.1 Å². The molecule has 2 rings (SSSR count). The van der Waals surface area contributed by atoms with Gasteiger partial charge in [0.2, 0.25) is 0 Å². The molecule has 0 spiro atoms. The smallest absolute Gasteiger partial charge is 0.283 e. The number of benzene rings is 2. The first-order valence-electron chi connectivity index (χ1n) is 6.04. The molecule has 0 fully saturated rings. The van der Waals surface area contributed by atoms with Crippen LogP contribution >= 0.6 is 27.5 Å². The molecule has 0 aromatic heterocycles. The molecule has 0 bridgehead atoms. The summed E-state index contributed by atoms with van der Waals surface area (Å²) in [5.41, 5.74) is -0.0421. The van der Waals surface area contributed by atoms with Crippen molar-refractivity contribution in [3.8, 4) is 0 Å². The van der Waals surface area contributed by atoms with Gasteiger partial charge in [-0.1, -0.05) is 23.7 Å². The monoisotopic (exact) mass is 386 g/mol. The van der Waals surface area contributed by atoms with Crippen LogP contribution in [0, 0.1) is 15.9 Å². The maximum atomic E-state index is 13.5. The van der Waals surface area contributed by atoms with E-state index in [0.29, 0.717) is 5.02 Å². The number of hydrogen-bond acceptors (Lipinski definition) is 3. The number of halogens is 3. The molecule has 22 heavy (non-hydrogen) atoms. The average molecular weight is 388 g/mol. The molecule has 2 aromatic rings. The van der Waals surface area contributed by atoms with Crippen molar-refractivity contribution in [1.29, 1.82) is 0 Å². The Morgan fingerprint density at radius 1 is 1.32 bits per heavy atom. The molecule has 8 heteroatoms. The van der Waals surface area contributed by atoms with E-state index in [-0.39, 0.29) is 16.6 Å². The first kappa shape index (κ1) is 16.4. The Labute approximate surface area is 138 Å². The minimum atomic E-state index is -0.748. The van der Waals surface area contributed by atoms with E-state index in [1.54, 1.807) is 24.3 Å². The maximum absolute atomic E-state index is 13.5. The first-order valence-corrected chi connectivity index (χ1v) is 7.21. The van der Waals surface area contributed by atoms with Crippen molar-refractivity contribution in [3.05, 3.63) is 73.0 Å². The van der Waals surface area contributed by atoms with E-state index in [1.165, 1.54) is 0 Å². The van der Waals surface area contributed by atoms with Gasteiger partial charge in [-0.25, -0.2) is 4.39 Å². The van der Waals surface area contributed by atoms with Crippen LogP contribution in [0.15, 0.2) is 40.9 Å². The molecule has 114 valence electrons. The van der Waals surface area contributed by atoms with Gasteiger partial charge in [-0.15, -0.1) is 0 Å². The van der Waals surface area contributed by atoms with Gasteiger partial charge in [-0.2, -0.15) is 0 Å². The maximum Gasteiger partial charge on any atom is 0.283 e. The second kappa shape index (κ2) is 6.85. The van der Waals surface area contributed by atoms with E-state index < -0.39 is 22.3 Å². The number of carbonyl (C=O) groups is 1. The van der Waals surface area contributed by atoms with Gasteiger partial charge in [0.25, 0.3) is 11.6 Å². The predicted octanol–water partition coefficient (Wildman–Crippen LogP) is 4.08. The zero-order valence-electron chi connectivity index (χ0n) is 11.0. The van der Waals surface area contributed by atoms with E-state index in [1.807, 2.05) is 0 Å². The first-order chi connectivity index (χ1) is 10.4. The van der Waals surface area contributed by atoms with Gasteiger partial charge in [-0.05, 0) is 39.7 Å². The van der Waals surface area contributed by atoms with Crippen molar-refractivity contribution in [2.45, 2.75) is 6.54 Å². The Morgan fingerprint density at radius 2 is 1.95 bits per heavy atom. The molecule has 1 N–H and O–H groups in total. The van der Waals surface area contributed by atoms with Crippen LogP contribution in [-0.4, -0.2) is 10.8 Å². The second-order valence-electron chi connectivity index (χ2n) is 4.35. The summed E-state index contributed by atoms with van der Waals surface area (Å²) in [5, 5.41) is 14.0. The van der Waals surface area contributed by atoms with Crippen molar-refractivity contribution in [2.75, 3.05) is 0 Å². The molecule has 0 radical (unpaired) electrons. The minimum absolute atomic E-state index is 0.0755. The number of nitrogens with zero attached hydrogens (tertiary/aromatic N) is 1. The van der Waals surface area contributed by atoms with Crippen LogP contribution in [0.5, 0.6) is 0 Å². The van der Waals surface area contributed by atoms with Crippen molar-refractivity contribution in [2.24, 2.45) is 0 Å². The fraction of sp³-hybridized carbons (Fsp3) is 0.0714. The fourth-order valence-electron chi connectivity index (χ4n) is 1.75. The highest BCUT2D eigenvalue weighted by molar-refractivity contribution is 9.10. The van der Waals surface area contributed by atoms with Gasteiger partial charge in [0, 0.05) is 17.6 Å². The Kier molecular flexibility index (Phi) is 5.10. The van der Waals surface area contributed by atoms with Gasteiger partial charge in [0.15, 0.2) is 0 Å². The molecule has 0 heterocycles. The predicted molar refractivity (Wildman–Crippen MR) is 83.4 cm³/mol. The SMILES string of the molecule is O=C(NCc1ccc(Cl)cc1)c1cc(F)c(Br)cc1[N+](=O)[O-]. The topological polar surface area (TPSA) is 72.2 Å². The summed E-state index contributed by atoms with van der Waals surface area (Å²) in [6.07, 6.45) is 0. The summed E-state index contributed by atoms with van der Waals surface area (Å²) in [4.78, 5) is 22.3. The highest BCUT2D eigenvalue weighted by atomic mass is 79.9. The third-order valence-electron chi connectivity index (χ3n) is 2.85. The number of amides is 1. The molecule has 0 atom stereocenters. The summed E-state index contributed by atoms with van der Waals surface area (Å²) in [6, 6.07) is 8.53. The van der Waals surface area contributed by atoms with Gasteiger partial charge in [-0.3, -0.25) is 14.9 Å². The van der Waals surface area contributed by atoms with E-state index >= 15 is 0 Å². The molecule has 0 aliphatic carbocycles. The molecule has 0 unspecified atom stereocenters. The van der Waals surface area contributed by atoms with Gasteiger partial charge in [0.1, 0.15) is 11.4 Å². The van der Waals surface area contributed by atoms with Crippen LogP contribution in [-0.2, 0) is 6.54 Å². The third-order valence-corrected chi connectivity index (χ3v) is 3.71. The summed E-state index contributed by atoms with van der Waals surface area (Å²) < 4.78 is 13.5. The third kappa shape index (κ3) is 3.80. The Balaban J connectivity index is 2.20. The summed E-state index contributed by atoms with van der Waals surface area (Å²) in [6.45, 7) is 0.144. The second-order valence-corrected chi connectivity index (χ2v) is 5.64. The molecule has 0 aliphatic rings. The Hall–Kier alpha value is -1.99. The molecular weight excluding hydrogens is 379 g/mol. The quantitative estimate of drug-likeness (QED) is 0.634. The van der Waals surface area contributed by atoms with Crippen molar-refractivity contribution >= 4 is 39.1 Å². The lowest BCUT2D eigenvalue weighted by molar-refractivity contribution is -0.385. The lowest BCUT2D eigenvalue weighted by Crippen LogP contribution is -2.24. The largest absolute Gasteiger partial charge is 0.348 e. The zero-order valence-corrected chi connectivity index (χ0v) is 13.3. The van der Waals surface area contributed by atoms with E-state index in [9.17, 15) is 19.3 Å². The Bertz CT molecular complexity index is 738. The number of nitro groups is 1. The average Bonchev–Trinajstić information content (AvgIpc) is 2.48. The molecule has 5 nitrogen and oxygen atoms in total. The summed E-state index contributed by atoms with van der Waals surface area (Å²) in [5.74, 6) is -1.48. The van der Waals surface area contributed by atoms with E-state index in [0.717, 1.165) is 17.7 Å². The van der Waals surface area contributed by atoms with Crippen LogP contribution in [0.1, 0.15) is 15.9 Å². The van der Waals surface area contributed by atoms with Gasteiger partial charge < -0.3 is 5.32 Å². The van der Waals surface area contributed by atoms with Crippen LogP contribution in [0.25, 0.3) is 0 Å². The highest BCUT2D eigenvalue weighted by Gasteiger charge is 2.22. The fourth-order valence-corrected chi connectivity index (χ4v) is 2.21. The van der Waals surface area contributed by atoms with E-state index in [2.05, 4.69) is 21.2 Å². The minimum Gasteiger partial charge on any atom is -0.348 e. The number of nitro benzene ring substituents is 1. The molecule has 0 saturated carbocycles. The lowest BCUT2D eigenvalue weighted by atomic mass is 10.1. The van der Waals surface area contributed by atoms with Crippen LogP contribution in [0.2, 0.25) is 5.02 Å². The molecule has 2 aromatic carbocycles. The molecule has 0 saturated heterocycles. The molecule has 0 aliphatic heterocycles. The Morgan fingerprint density at radius 3 is 2.55 bits per heavy atom. The summed E-state index contributed by atoms with van der Waals surface area (Å²) in [7, 11) is 0. The van der Waals surface area contributed by atoms with E-state index in [4.69, 9.17) is 11.6 Å². The standard InChI is InChI=1S/C14H9BrClFN2O3/c15-11-6-13(19(21)22)10(5-12(11)17)14(20)18-7-8-1-3-9(16)4-2-8/h1-6H,7H2,(H,18,20). The molecular formula is C14H9BrClFN2O3. The van der Waals surface area contributed by atoms with Gasteiger partial charge >= 0.3 is 0 Å². The van der Waals surface area contributed by atoms with Crippen LogP contribution in [0.3, 0.4) is 0 Å². The van der Waals surface area contributed by atoms with Gasteiger partial charge in [0.05, 0.1) is 9.40 Å².